The van der Waals surface area contributed by atoms with Crippen molar-refractivity contribution in [3.63, 3.8) is 0 Å². The first-order valence-electron chi connectivity index (χ1n) is 8.92. The molecule has 1 atom stereocenters. The molecule has 1 aliphatic rings. The predicted molar refractivity (Wildman–Crippen MR) is 103 cm³/mol. The number of hydrogen-bond acceptors (Lipinski definition) is 6. The average molecular weight is 450 g/mol. The third-order valence-corrected chi connectivity index (χ3v) is 4.68. The lowest BCUT2D eigenvalue weighted by Crippen LogP contribution is -2.28. The molecule has 7 nitrogen and oxygen atoms in total. The first-order valence-corrected chi connectivity index (χ1v) is 9.29. The molecule has 0 fully saturated rings. The Morgan fingerprint density at radius 2 is 1.97 bits per heavy atom. The van der Waals surface area contributed by atoms with Crippen molar-refractivity contribution in [1.29, 1.82) is 0 Å². The smallest absolute Gasteiger partial charge is 0.453 e. The van der Waals surface area contributed by atoms with Gasteiger partial charge in [0.1, 0.15) is 18.4 Å². The fourth-order valence-corrected chi connectivity index (χ4v) is 3.20. The van der Waals surface area contributed by atoms with Crippen LogP contribution >= 0.6 is 11.6 Å². The number of alkyl halides is 3. The molecule has 0 saturated carbocycles. The number of halogens is 4. The Balaban J connectivity index is 1.76. The third kappa shape index (κ3) is 4.48. The van der Waals surface area contributed by atoms with Crippen molar-refractivity contribution in [2.45, 2.75) is 12.2 Å². The summed E-state index contributed by atoms with van der Waals surface area (Å²) >= 11 is 5.94. The molecule has 0 radical (unpaired) electrons. The number of hydrogen-bond donors (Lipinski definition) is 1. The van der Waals surface area contributed by atoms with Gasteiger partial charge in [0.05, 0.1) is 5.97 Å². The molecule has 0 aliphatic carbocycles. The lowest BCUT2D eigenvalue weighted by Gasteiger charge is -2.24. The van der Waals surface area contributed by atoms with Crippen LogP contribution in [0.15, 0.2) is 54.6 Å². The quantitative estimate of drug-likeness (QED) is 0.643. The van der Waals surface area contributed by atoms with E-state index in [1.807, 2.05) is 0 Å². The van der Waals surface area contributed by atoms with E-state index in [9.17, 15) is 23.1 Å². The molecule has 0 unspecified atom stereocenters. The number of aliphatic carboxylic acids is 1. The maximum atomic E-state index is 13.2. The first-order chi connectivity index (χ1) is 14.7. The zero-order chi connectivity index (χ0) is 22.2. The molecule has 0 amide bonds. The number of fused-ring (bicyclic) bond motifs is 1. The minimum absolute atomic E-state index is 0.0918. The second-order valence-electron chi connectivity index (χ2n) is 6.59. The summed E-state index contributed by atoms with van der Waals surface area (Å²) in [7, 11) is 0. The summed E-state index contributed by atoms with van der Waals surface area (Å²) in [4.78, 5) is 14.2. The topological polar surface area (TPSA) is 92.1 Å². The molecule has 3 aromatic rings. The number of carbonyl (C=O) groups excluding carboxylic acids is 1. The van der Waals surface area contributed by atoms with Gasteiger partial charge in [-0.05, 0) is 35.9 Å². The molecule has 160 valence electrons. The number of carbonyl (C=O) groups is 1. The number of nitrogens with one attached hydrogen (secondary N) is 1. The fourth-order valence-electron chi connectivity index (χ4n) is 3.07. The molecule has 2 aromatic carbocycles. The Morgan fingerprint density at radius 1 is 1.23 bits per heavy atom. The van der Waals surface area contributed by atoms with Crippen LogP contribution in [-0.4, -0.2) is 27.3 Å². The zero-order valence-corrected chi connectivity index (χ0v) is 16.3. The average Bonchev–Trinajstić information content (AvgIpc) is 3.17. The second-order valence-corrected chi connectivity index (χ2v) is 7.03. The number of carboxylic acids is 1. The lowest BCUT2D eigenvalue weighted by atomic mass is 10.0. The minimum atomic E-state index is -4.71. The van der Waals surface area contributed by atoms with E-state index in [1.165, 1.54) is 0 Å². The van der Waals surface area contributed by atoms with Gasteiger partial charge in [0.2, 0.25) is 5.95 Å². The van der Waals surface area contributed by atoms with Crippen LogP contribution in [0.1, 0.15) is 23.0 Å². The minimum Gasteiger partial charge on any atom is -0.546 e. The molecule has 1 aliphatic heterocycles. The van der Waals surface area contributed by atoms with Gasteiger partial charge in [-0.3, -0.25) is 0 Å². The number of benzene rings is 2. The molecular formula is C20H13ClF3N4O3-. The number of carboxylic acid groups (broad SMARTS) is 1. The van der Waals surface area contributed by atoms with Crippen molar-refractivity contribution >= 4 is 29.2 Å². The molecule has 0 bridgehead atoms. The van der Waals surface area contributed by atoms with E-state index < -0.39 is 30.6 Å². The van der Waals surface area contributed by atoms with Crippen molar-refractivity contribution in [2.24, 2.45) is 0 Å². The number of ether oxygens (including phenoxy) is 1. The highest BCUT2D eigenvalue weighted by molar-refractivity contribution is 6.30. The Morgan fingerprint density at radius 3 is 2.65 bits per heavy atom. The molecule has 2 heterocycles. The van der Waals surface area contributed by atoms with Crippen LogP contribution in [0.5, 0.6) is 5.75 Å². The van der Waals surface area contributed by atoms with Crippen molar-refractivity contribution in [1.82, 2.24) is 14.8 Å². The molecule has 31 heavy (non-hydrogen) atoms. The monoisotopic (exact) mass is 449 g/mol. The molecule has 4 rings (SSSR count). The molecule has 1 N–H and O–H groups in total. The summed E-state index contributed by atoms with van der Waals surface area (Å²) < 4.78 is 45.9. The molecule has 11 heteroatoms. The van der Waals surface area contributed by atoms with Crippen molar-refractivity contribution < 1.29 is 27.8 Å². The number of allylic oxidation sites excluding steroid dienone is 1. The van der Waals surface area contributed by atoms with Crippen LogP contribution in [0.25, 0.3) is 5.70 Å². The number of anilines is 1. The number of nitrogens with zero attached hydrogens (tertiary/aromatic N) is 3. The highest BCUT2D eigenvalue weighted by Crippen LogP contribution is 2.36. The highest BCUT2D eigenvalue weighted by Gasteiger charge is 2.39. The van der Waals surface area contributed by atoms with Gasteiger partial charge in [-0.2, -0.15) is 18.2 Å². The van der Waals surface area contributed by atoms with Crippen LogP contribution in [0.2, 0.25) is 5.02 Å². The van der Waals surface area contributed by atoms with Crippen molar-refractivity contribution in [2.75, 3.05) is 11.9 Å². The number of rotatable bonds is 5. The van der Waals surface area contributed by atoms with Gasteiger partial charge in [-0.25, -0.2) is 4.68 Å². The first kappa shape index (κ1) is 20.7. The van der Waals surface area contributed by atoms with E-state index in [4.69, 9.17) is 16.3 Å². The summed E-state index contributed by atoms with van der Waals surface area (Å²) in [5.74, 6) is -2.48. The van der Waals surface area contributed by atoms with Crippen LogP contribution in [-0.2, 0) is 11.0 Å². The van der Waals surface area contributed by atoms with Gasteiger partial charge in [-0.1, -0.05) is 35.9 Å². The molecule has 0 spiro atoms. The van der Waals surface area contributed by atoms with Gasteiger partial charge in [0.15, 0.2) is 0 Å². The van der Waals surface area contributed by atoms with Gasteiger partial charge in [0.25, 0.3) is 5.82 Å². The van der Waals surface area contributed by atoms with Gasteiger partial charge in [-0.15, -0.1) is 5.10 Å². The fraction of sp³-hybridized carbons (Fsp3) is 0.150. The SMILES string of the molecule is O=C([O-])COc1cccc(C2=C[C@@H](c3ccc(Cl)cc3)n3nc(C(F)(F)F)nc3N2)c1. The second kappa shape index (κ2) is 7.95. The molecule has 1 aromatic heterocycles. The van der Waals surface area contributed by atoms with Gasteiger partial charge >= 0.3 is 6.18 Å². The van der Waals surface area contributed by atoms with Crippen LogP contribution in [0.4, 0.5) is 19.1 Å². The Bertz CT molecular complexity index is 1160. The van der Waals surface area contributed by atoms with Crippen LogP contribution in [0, 0.1) is 0 Å². The van der Waals surface area contributed by atoms with Gasteiger partial charge < -0.3 is 20.0 Å². The summed E-state index contributed by atoms with van der Waals surface area (Å²) in [6, 6.07) is 12.4. The van der Waals surface area contributed by atoms with E-state index in [-0.39, 0.29) is 11.7 Å². The lowest BCUT2D eigenvalue weighted by molar-refractivity contribution is -0.307. The largest absolute Gasteiger partial charge is 0.546 e. The summed E-state index contributed by atoms with van der Waals surface area (Å²) in [5, 5.41) is 17.6. The predicted octanol–water partition coefficient (Wildman–Crippen LogP) is 3.14. The van der Waals surface area contributed by atoms with E-state index >= 15 is 0 Å². The summed E-state index contributed by atoms with van der Waals surface area (Å²) in [6.45, 7) is -0.632. The zero-order valence-electron chi connectivity index (χ0n) is 15.6. The summed E-state index contributed by atoms with van der Waals surface area (Å²) in [6.07, 6.45) is -3.03. The Labute approximate surface area is 178 Å². The highest BCUT2D eigenvalue weighted by atomic mass is 35.5. The van der Waals surface area contributed by atoms with Crippen molar-refractivity contribution in [3.05, 3.63) is 76.6 Å². The molecule has 0 saturated heterocycles. The normalized spacial score (nSPS) is 15.6. The maximum absolute atomic E-state index is 13.2. The van der Waals surface area contributed by atoms with Crippen LogP contribution < -0.4 is 15.2 Å². The number of aromatic nitrogens is 3. The third-order valence-electron chi connectivity index (χ3n) is 4.43. The van der Waals surface area contributed by atoms with Crippen LogP contribution in [0.3, 0.4) is 0 Å². The Hall–Kier alpha value is -3.53. The van der Waals surface area contributed by atoms with E-state index in [0.29, 0.717) is 21.8 Å². The maximum Gasteiger partial charge on any atom is 0.453 e. The summed E-state index contributed by atoms with van der Waals surface area (Å²) in [5.41, 5.74) is 1.65. The van der Waals surface area contributed by atoms with E-state index in [2.05, 4.69) is 15.4 Å². The van der Waals surface area contributed by atoms with E-state index in [0.717, 1.165) is 4.68 Å². The van der Waals surface area contributed by atoms with E-state index in [1.54, 1.807) is 54.6 Å². The Kier molecular flexibility index (Phi) is 5.32. The molecular weight excluding hydrogens is 437 g/mol. The van der Waals surface area contributed by atoms with Gasteiger partial charge in [0, 0.05) is 16.3 Å². The van der Waals surface area contributed by atoms with Crippen molar-refractivity contribution in [3.8, 4) is 5.75 Å². The standard InChI is InChI=1S/C20H14ClF3N4O3/c21-13-6-4-11(5-7-13)16-9-15(12-2-1-3-14(8-12)31-10-17(29)30)25-19-26-18(20(22,23)24)27-28(16)19/h1-9,16H,10H2,(H,29,30)(H,25,26,27)/p-1/t16-/m0/s1.